The maximum atomic E-state index is 11.0. The molecule has 1 heterocycles. The van der Waals surface area contributed by atoms with Gasteiger partial charge in [-0.25, -0.2) is 4.68 Å². The summed E-state index contributed by atoms with van der Waals surface area (Å²) < 4.78 is 1.64. The molecule has 6 heteroatoms. The van der Waals surface area contributed by atoms with Gasteiger partial charge in [-0.3, -0.25) is 4.79 Å². The fourth-order valence-corrected chi connectivity index (χ4v) is 3.07. The number of hydrogen-bond donors (Lipinski definition) is 1. The molecule has 1 rings (SSSR count). The average Bonchev–Trinajstić information content (AvgIpc) is 3.06. The van der Waals surface area contributed by atoms with E-state index in [4.69, 9.17) is 5.11 Å². The molecule has 0 spiro atoms. The van der Waals surface area contributed by atoms with E-state index in [0.717, 1.165) is 12.8 Å². The first-order valence-corrected chi connectivity index (χ1v) is 10.2. The topological polar surface area (TPSA) is 80.9 Å². The number of aromatic nitrogens is 4. The molecule has 0 aliphatic heterocycles. The largest absolute Gasteiger partial charge is 0.481 e. The van der Waals surface area contributed by atoms with Gasteiger partial charge in [0.1, 0.15) is 5.92 Å². The molecule has 1 aromatic heterocycles. The molecule has 0 saturated carbocycles. The lowest BCUT2D eigenvalue weighted by Gasteiger charge is -2.07. The Bertz CT molecular complexity index is 462. The predicted octanol–water partition coefficient (Wildman–Crippen LogP) is 4.95. The SMILES string of the molecule is CCCCCCCCCCCCCCCn1nnnc1C(C)C(=O)O. The summed E-state index contributed by atoms with van der Waals surface area (Å²) in [4.78, 5) is 11.0. The van der Waals surface area contributed by atoms with Crippen LogP contribution in [0, 0.1) is 0 Å². The highest BCUT2D eigenvalue weighted by Crippen LogP contribution is 2.14. The third-order valence-corrected chi connectivity index (χ3v) is 4.79. The number of aliphatic carboxylic acids is 1. The summed E-state index contributed by atoms with van der Waals surface area (Å²) in [6.07, 6.45) is 17.1. The second kappa shape index (κ2) is 13.8. The maximum absolute atomic E-state index is 11.0. The number of nitrogens with zero attached hydrogens (tertiary/aromatic N) is 4. The number of carboxylic acid groups (broad SMARTS) is 1. The molecule has 1 aromatic rings. The molecule has 6 nitrogen and oxygen atoms in total. The standard InChI is InChI=1S/C19H36N4O2/c1-3-4-5-6-7-8-9-10-11-12-13-14-15-16-23-18(20-21-22-23)17(2)19(24)25/h17H,3-16H2,1-2H3,(H,24,25). The normalized spacial score (nSPS) is 12.4. The number of hydrogen-bond acceptors (Lipinski definition) is 4. The van der Waals surface area contributed by atoms with E-state index in [0.29, 0.717) is 12.4 Å². The van der Waals surface area contributed by atoms with Crippen LogP contribution in [-0.2, 0) is 11.3 Å². The number of aryl methyl sites for hydroxylation is 1. The second-order valence-corrected chi connectivity index (χ2v) is 7.06. The summed E-state index contributed by atoms with van der Waals surface area (Å²) in [5.74, 6) is -1.09. The van der Waals surface area contributed by atoms with E-state index >= 15 is 0 Å². The fraction of sp³-hybridized carbons (Fsp3) is 0.895. The second-order valence-electron chi connectivity index (χ2n) is 7.06. The molecule has 1 N–H and O–H groups in total. The number of unbranched alkanes of at least 4 members (excludes halogenated alkanes) is 12. The van der Waals surface area contributed by atoms with Gasteiger partial charge in [-0.1, -0.05) is 84.0 Å². The fourth-order valence-electron chi connectivity index (χ4n) is 3.07. The van der Waals surface area contributed by atoms with E-state index in [9.17, 15) is 4.79 Å². The van der Waals surface area contributed by atoms with Gasteiger partial charge in [0.25, 0.3) is 0 Å². The van der Waals surface area contributed by atoms with Gasteiger partial charge in [0.15, 0.2) is 5.82 Å². The van der Waals surface area contributed by atoms with Gasteiger partial charge >= 0.3 is 5.97 Å². The Morgan fingerprint density at radius 2 is 1.40 bits per heavy atom. The first kappa shape index (κ1) is 21.6. The summed E-state index contributed by atoms with van der Waals surface area (Å²) in [6, 6.07) is 0. The lowest BCUT2D eigenvalue weighted by Crippen LogP contribution is -2.15. The lowest BCUT2D eigenvalue weighted by atomic mass is 10.0. The van der Waals surface area contributed by atoms with Crippen LogP contribution in [0.25, 0.3) is 0 Å². The molecule has 0 aliphatic rings. The van der Waals surface area contributed by atoms with Crippen molar-refractivity contribution in [2.24, 2.45) is 0 Å². The van der Waals surface area contributed by atoms with Crippen molar-refractivity contribution in [1.82, 2.24) is 20.2 Å². The molecule has 0 aromatic carbocycles. The zero-order valence-corrected chi connectivity index (χ0v) is 16.1. The van der Waals surface area contributed by atoms with Crippen molar-refractivity contribution in [3.05, 3.63) is 5.82 Å². The Morgan fingerprint density at radius 3 is 1.88 bits per heavy atom. The van der Waals surface area contributed by atoms with Crippen molar-refractivity contribution < 1.29 is 9.90 Å². The Kier molecular flexibility index (Phi) is 11.9. The van der Waals surface area contributed by atoms with Gasteiger partial charge in [0, 0.05) is 6.54 Å². The molecule has 1 atom stereocenters. The summed E-state index contributed by atoms with van der Waals surface area (Å²) in [5, 5.41) is 20.4. The minimum Gasteiger partial charge on any atom is -0.481 e. The van der Waals surface area contributed by atoms with Crippen LogP contribution >= 0.6 is 0 Å². The summed E-state index contributed by atoms with van der Waals surface area (Å²) in [5.41, 5.74) is 0. The van der Waals surface area contributed by atoms with E-state index in [1.165, 1.54) is 70.6 Å². The summed E-state index contributed by atoms with van der Waals surface area (Å²) in [6.45, 7) is 4.59. The summed E-state index contributed by atoms with van der Waals surface area (Å²) in [7, 11) is 0. The molecule has 25 heavy (non-hydrogen) atoms. The van der Waals surface area contributed by atoms with E-state index in [2.05, 4.69) is 22.4 Å². The average molecular weight is 353 g/mol. The van der Waals surface area contributed by atoms with Gasteiger partial charge in [0.2, 0.25) is 0 Å². The number of carboxylic acids is 1. The minimum atomic E-state index is -0.888. The number of rotatable bonds is 16. The molecule has 0 radical (unpaired) electrons. The van der Waals surface area contributed by atoms with Gasteiger partial charge < -0.3 is 5.11 Å². The van der Waals surface area contributed by atoms with Crippen molar-refractivity contribution >= 4 is 5.97 Å². The van der Waals surface area contributed by atoms with Crippen LogP contribution in [-0.4, -0.2) is 31.3 Å². The van der Waals surface area contributed by atoms with Crippen LogP contribution in [0.5, 0.6) is 0 Å². The minimum absolute atomic E-state index is 0.450. The summed E-state index contributed by atoms with van der Waals surface area (Å²) >= 11 is 0. The molecular formula is C19H36N4O2. The Balaban J connectivity index is 1.96. The van der Waals surface area contributed by atoms with Crippen LogP contribution in [0.1, 0.15) is 109 Å². The van der Waals surface area contributed by atoms with Crippen LogP contribution in [0.4, 0.5) is 0 Å². The van der Waals surface area contributed by atoms with E-state index in [1.807, 2.05) is 0 Å². The molecule has 0 fully saturated rings. The third-order valence-electron chi connectivity index (χ3n) is 4.79. The van der Waals surface area contributed by atoms with Crippen molar-refractivity contribution in [2.75, 3.05) is 0 Å². The van der Waals surface area contributed by atoms with Gasteiger partial charge in [-0.15, -0.1) is 5.10 Å². The van der Waals surface area contributed by atoms with E-state index in [-0.39, 0.29) is 0 Å². The maximum Gasteiger partial charge on any atom is 0.314 e. The van der Waals surface area contributed by atoms with Gasteiger partial charge in [-0.05, 0) is 23.8 Å². The van der Waals surface area contributed by atoms with Crippen LogP contribution in [0.15, 0.2) is 0 Å². The van der Waals surface area contributed by atoms with Gasteiger partial charge in [0.05, 0.1) is 0 Å². The van der Waals surface area contributed by atoms with E-state index < -0.39 is 11.9 Å². The zero-order chi connectivity index (χ0) is 18.3. The zero-order valence-electron chi connectivity index (χ0n) is 16.1. The number of tetrazole rings is 1. The van der Waals surface area contributed by atoms with Crippen molar-refractivity contribution in [3.8, 4) is 0 Å². The highest BCUT2D eigenvalue weighted by Gasteiger charge is 2.20. The smallest absolute Gasteiger partial charge is 0.314 e. The molecular weight excluding hydrogens is 316 g/mol. The predicted molar refractivity (Wildman–Crippen MR) is 99.6 cm³/mol. The highest BCUT2D eigenvalue weighted by molar-refractivity contribution is 5.74. The lowest BCUT2D eigenvalue weighted by molar-refractivity contribution is -0.138. The molecule has 144 valence electrons. The third kappa shape index (κ3) is 9.56. The van der Waals surface area contributed by atoms with Crippen LogP contribution in [0.3, 0.4) is 0 Å². The molecule has 1 unspecified atom stereocenters. The van der Waals surface area contributed by atoms with Crippen molar-refractivity contribution in [3.63, 3.8) is 0 Å². The quantitative estimate of drug-likeness (QED) is 0.426. The highest BCUT2D eigenvalue weighted by atomic mass is 16.4. The molecule has 0 amide bonds. The first-order chi connectivity index (χ1) is 12.2. The Morgan fingerprint density at radius 1 is 0.920 bits per heavy atom. The monoisotopic (exact) mass is 352 g/mol. The van der Waals surface area contributed by atoms with Crippen LogP contribution < -0.4 is 0 Å². The van der Waals surface area contributed by atoms with Crippen molar-refractivity contribution in [1.29, 1.82) is 0 Å². The van der Waals surface area contributed by atoms with E-state index in [1.54, 1.807) is 11.6 Å². The molecule has 0 bridgehead atoms. The molecule has 0 aliphatic carbocycles. The Hall–Kier alpha value is -1.46. The molecule has 0 saturated heterocycles. The van der Waals surface area contributed by atoms with Gasteiger partial charge in [-0.2, -0.15) is 0 Å². The number of carbonyl (C=O) groups is 1. The Labute approximate surface area is 152 Å². The van der Waals surface area contributed by atoms with Crippen LogP contribution in [0.2, 0.25) is 0 Å². The van der Waals surface area contributed by atoms with Crippen molar-refractivity contribution in [2.45, 2.75) is 110 Å². The first-order valence-electron chi connectivity index (χ1n) is 10.2.